The van der Waals surface area contributed by atoms with Gasteiger partial charge < -0.3 is 5.32 Å². The highest BCUT2D eigenvalue weighted by Gasteiger charge is 2.26. The van der Waals surface area contributed by atoms with Crippen molar-refractivity contribution in [1.29, 1.82) is 0 Å². The summed E-state index contributed by atoms with van der Waals surface area (Å²) in [6.07, 6.45) is 10.4. The van der Waals surface area contributed by atoms with E-state index in [1.165, 1.54) is 18.5 Å². The number of carbonyl (C=O) groups excluding carboxylic acids is 1. The fraction of sp³-hybridized carbons (Fsp3) is 0.562. The summed E-state index contributed by atoms with van der Waals surface area (Å²) in [5.41, 5.74) is 2.45. The molecule has 0 unspecified atom stereocenters. The second-order valence-electron chi connectivity index (χ2n) is 5.98. The molecule has 2 aromatic rings. The van der Waals surface area contributed by atoms with Crippen molar-refractivity contribution in [2.24, 2.45) is 7.05 Å². The molecule has 1 N–H and O–H groups in total. The third-order valence-electron chi connectivity index (χ3n) is 4.01. The van der Waals surface area contributed by atoms with E-state index in [0.29, 0.717) is 13.0 Å². The van der Waals surface area contributed by atoms with E-state index >= 15 is 0 Å². The Kier molecular flexibility index (Phi) is 4.56. The molecular weight excluding hydrogens is 278 g/mol. The summed E-state index contributed by atoms with van der Waals surface area (Å²) >= 11 is 0. The normalized spacial score (nSPS) is 14.2. The summed E-state index contributed by atoms with van der Waals surface area (Å²) in [5, 5.41) is 11.4. The molecule has 1 saturated carbocycles. The van der Waals surface area contributed by atoms with E-state index in [-0.39, 0.29) is 5.91 Å². The molecule has 3 rings (SSSR count). The Labute approximate surface area is 130 Å². The zero-order valence-corrected chi connectivity index (χ0v) is 13.0. The molecule has 0 aliphatic heterocycles. The Morgan fingerprint density at radius 2 is 2.27 bits per heavy atom. The number of hydrogen-bond acceptors (Lipinski definition) is 3. The van der Waals surface area contributed by atoms with Crippen LogP contribution in [0, 0.1) is 0 Å². The summed E-state index contributed by atoms with van der Waals surface area (Å²) in [6.45, 7) is 1.58. The zero-order chi connectivity index (χ0) is 15.4. The highest BCUT2D eigenvalue weighted by molar-refractivity contribution is 5.76. The fourth-order valence-corrected chi connectivity index (χ4v) is 2.66. The van der Waals surface area contributed by atoms with Crippen molar-refractivity contribution >= 4 is 5.91 Å². The lowest BCUT2D eigenvalue weighted by molar-refractivity contribution is -0.121. The van der Waals surface area contributed by atoms with E-state index in [1.54, 1.807) is 4.68 Å². The van der Waals surface area contributed by atoms with Crippen molar-refractivity contribution in [1.82, 2.24) is 24.9 Å². The minimum atomic E-state index is 0.103. The first-order valence-electron chi connectivity index (χ1n) is 7.98. The first-order valence-corrected chi connectivity index (χ1v) is 7.98. The number of nitrogens with one attached hydrogen (secondary N) is 1. The molecule has 118 valence electrons. The van der Waals surface area contributed by atoms with Crippen LogP contribution in [0.1, 0.15) is 42.9 Å². The van der Waals surface area contributed by atoms with Crippen LogP contribution in [0.3, 0.4) is 0 Å². The lowest BCUT2D eigenvalue weighted by Crippen LogP contribution is -2.25. The third-order valence-corrected chi connectivity index (χ3v) is 4.01. The monoisotopic (exact) mass is 301 g/mol. The van der Waals surface area contributed by atoms with E-state index in [0.717, 1.165) is 30.9 Å². The predicted molar refractivity (Wildman–Crippen MR) is 83.4 cm³/mol. The maximum Gasteiger partial charge on any atom is 0.220 e. The first kappa shape index (κ1) is 14.8. The highest BCUT2D eigenvalue weighted by Crippen LogP contribution is 2.39. The van der Waals surface area contributed by atoms with Gasteiger partial charge in [-0.2, -0.15) is 10.2 Å². The van der Waals surface area contributed by atoms with Crippen LogP contribution in [0.15, 0.2) is 24.7 Å². The number of aromatic nitrogens is 4. The van der Waals surface area contributed by atoms with Crippen molar-refractivity contribution in [2.75, 3.05) is 6.54 Å². The summed E-state index contributed by atoms with van der Waals surface area (Å²) in [5.74, 6) is 0.823. The van der Waals surface area contributed by atoms with Gasteiger partial charge in [0.1, 0.15) is 0 Å². The first-order chi connectivity index (χ1) is 10.7. The Morgan fingerprint density at radius 3 is 3.00 bits per heavy atom. The Morgan fingerprint density at radius 1 is 1.41 bits per heavy atom. The molecule has 2 aromatic heterocycles. The average Bonchev–Trinajstić information content (AvgIpc) is 3.10. The van der Waals surface area contributed by atoms with E-state index in [2.05, 4.69) is 26.3 Å². The van der Waals surface area contributed by atoms with Crippen LogP contribution in [0.4, 0.5) is 0 Å². The lowest BCUT2D eigenvalue weighted by atomic mass is 10.2. The Hall–Kier alpha value is -2.11. The van der Waals surface area contributed by atoms with Crippen LogP contribution < -0.4 is 5.32 Å². The lowest BCUT2D eigenvalue weighted by Gasteiger charge is -2.08. The smallest absolute Gasteiger partial charge is 0.220 e. The molecule has 6 nitrogen and oxygen atoms in total. The van der Waals surface area contributed by atoms with Crippen molar-refractivity contribution < 1.29 is 4.79 Å². The second kappa shape index (κ2) is 6.77. The van der Waals surface area contributed by atoms with Crippen molar-refractivity contribution in [3.05, 3.63) is 35.9 Å². The number of nitrogens with zero attached hydrogens (tertiary/aromatic N) is 4. The molecule has 0 spiro atoms. The summed E-state index contributed by atoms with van der Waals surface area (Å²) in [7, 11) is 1.88. The van der Waals surface area contributed by atoms with Crippen LogP contribution >= 0.6 is 0 Å². The second-order valence-corrected chi connectivity index (χ2v) is 5.98. The molecule has 6 heteroatoms. The minimum absolute atomic E-state index is 0.103. The van der Waals surface area contributed by atoms with Gasteiger partial charge in [0.05, 0.1) is 6.20 Å². The van der Waals surface area contributed by atoms with Crippen LogP contribution in [-0.2, 0) is 24.8 Å². The van der Waals surface area contributed by atoms with Gasteiger partial charge in [-0.1, -0.05) is 0 Å². The van der Waals surface area contributed by atoms with Gasteiger partial charge in [0.15, 0.2) is 0 Å². The standard InChI is InChI=1S/C16H23N5O/c1-20-12-13(11-19-20)3-6-16(22)17-8-2-10-21-15(7-9-18-21)14-4-5-14/h7,9,11-12,14H,2-6,8,10H2,1H3,(H,17,22). The van der Waals surface area contributed by atoms with Crippen LogP contribution in [0.25, 0.3) is 0 Å². The van der Waals surface area contributed by atoms with Crippen molar-refractivity contribution in [2.45, 2.75) is 44.6 Å². The summed E-state index contributed by atoms with van der Waals surface area (Å²) in [6, 6.07) is 2.12. The molecule has 0 saturated heterocycles. The quantitative estimate of drug-likeness (QED) is 0.754. The van der Waals surface area contributed by atoms with Gasteiger partial charge in [0.25, 0.3) is 0 Å². The van der Waals surface area contributed by atoms with Crippen molar-refractivity contribution in [3.63, 3.8) is 0 Å². The van der Waals surface area contributed by atoms with Crippen LogP contribution in [0.5, 0.6) is 0 Å². The maximum atomic E-state index is 11.8. The molecule has 0 aromatic carbocycles. The van der Waals surface area contributed by atoms with Gasteiger partial charge in [-0.3, -0.25) is 14.2 Å². The van der Waals surface area contributed by atoms with E-state index in [9.17, 15) is 4.79 Å². The van der Waals surface area contributed by atoms with Crippen LogP contribution in [-0.4, -0.2) is 32.0 Å². The number of rotatable bonds is 8. The molecule has 1 amide bonds. The van der Waals surface area contributed by atoms with Gasteiger partial charge in [-0.25, -0.2) is 0 Å². The third kappa shape index (κ3) is 3.96. The Bertz CT molecular complexity index is 626. The highest BCUT2D eigenvalue weighted by atomic mass is 16.1. The van der Waals surface area contributed by atoms with E-state index in [4.69, 9.17) is 0 Å². The number of amides is 1. The summed E-state index contributed by atoms with van der Waals surface area (Å²) in [4.78, 5) is 11.8. The molecule has 0 atom stereocenters. The molecule has 2 heterocycles. The number of carbonyl (C=O) groups is 1. The minimum Gasteiger partial charge on any atom is -0.356 e. The summed E-state index contributed by atoms with van der Waals surface area (Å²) < 4.78 is 3.84. The molecule has 0 radical (unpaired) electrons. The fourth-order valence-electron chi connectivity index (χ4n) is 2.66. The van der Waals surface area contributed by atoms with Gasteiger partial charge in [0.2, 0.25) is 5.91 Å². The molecule has 0 bridgehead atoms. The number of hydrogen-bond donors (Lipinski definition) is 1. The molecule has 1 aliphatic rings. The molecule has 1 aliphatic carbocycles. The number of aryl methyl sites for hydroxylation is 3. The SMILES string of the molecule is Cn1cc(CCC(=O)NCCCn2nccc2C2CC2)cn1. The molecular formula is C16H23N5O. The van der Waals surface area contributed by atoms with E-state index < -0.39 is 0 Å². The van der Waals surface area contributed by atoms with Gasteiger partial charge >= 0.3 is 0 Å². The average molecular weight is 301 g/mol. The predicted octanol–water partition coefficient (Wildman–Crippen LogP) is 1.63. The maximum absolute atomic E-state index is 11.8. The van der Waals surface area contributed by atoms with E-state index in [1.807, 2.05) is 25.6 Å². The Balaban J connectivity index is 1.32. The van der Waals surface area contributed by atoms with Gasteiger partial charge in [0, 0.05) is 50.6 Å². The largest absolute Gasteiger partial charge is 0.356 e. The zero-order valence-electron chi connectivity index (χ0n) is 13.0. The molecule has 1 fully saturated rings. The topological polar surface area (TPSA) is 64.7 Å². The van der Waals surface area contributed by atoms with Crippen LogP contribution in [0.2, 0.25) is 0 Å². The molecule has 22 heavy (non-hydrogen) atoms. The van der Waals surface area contributed by atoms with Gasteiger partial charge in [-0.15, -0.1) is 0 Å². The van der Waals surface area contributed by atoms with Gasteiger partial charge in [-0.05, 0) is 37.3 Å². The van der Waals surface area contributed by atoms with Crippen molar-refractivity contribution in [3.8, 4) is 0 Å².